The van der Waals surface area contributed by atoms with Crippen LogP contribution in [0.5, 0.6) is 0 Å². The van der Waals surface area contributed by atoms with E-state index in [9.17, 15) is 0 Å². The molecular weight excluding hydrogens is 302 g/mol. The number of hydrogen-bond donors (Lipinski definition) is 1. The minimum absolute atomic E-state index is 0.368. The Morgan fingerprint density at radius 1 is 1.30 bits per heavy atom. The first-order valence-corrected chi connectivity index (χ1v) is 9.62. The molecule has 0 amide bonds. The maximum Gasteiger partial charge on any atom is 0.101 e. The van der Waals surface area contributed by atoms with Gasteiger partial charge in [0.15, 0.2) is 0 Å². The molecule has 1 saturated carbocycles. The van der Waals surface area contributed by atoms with Gasteiger partial charge in [-0.2, -0.15) is 0 Å². The third kappa shape index (κ3) is 4.31. The number of piperidine rings is 1. The summed E-state index contributed by atoms with van der Waals surface area (Å²) in [7, 11) is 4.29. The zero-order valence-electron chi connectivity index (χ0n) is 14.6. The molecule has 0 bridgehead atoms. The van der Waals surface area contributed by atoms with E-state index in [2.05, 4.69) is 55.5 Å². The largest absolute Gasteiger partial charge is 0.316 e. The molecule has 2 heterocycles. The monoisotopic (exact) mass is 331 g/mol. The van der Waals surface area contributed by atoms with Crippen LogP contribution in [-0.4, -0.2) is 43.6 Å². The first kappa shape index (κ1) is 16.9. The van der Waals surface area contributed by atoms with E-state index < -0.39 is 0 Å². The van der Waals surface area contributed by atoms with Gasteiger partial charge in [-0.05, 0) is 70.9 Å². The van der Waals surface area contributed by atoms with Gasteiger partial charge >= 0.3 is 0 Å². The SMILES string of the molecule is CC1CCCNC1.CN(C)CC1(c2nc3ccccc3s2)CC1. The number of likely N-dealkylation sites (N-methyl/N-ethyl adjacent to an activating group) is 1. The van der Waals surface area contributed by atoms with Gasteiger partial charge in [-0.25, -0.2) is 4.98 Å². The van der Waals surface area contributed by atoms with Gasteiger partial charge in [-0.1, -0.05) is 19.1 Å². The molecule has 1 atom stereocenters. The normalized spacial score (nSPS) is 22.7. The molecular formula is C19H29N3S. The zero-order chi connectivity index (χ0) is 16.3. The van der Waals surface area contributed by atoms with Crippen LogP contribution in [0.1, 0.15) is 37.6 Å². The number of fused-ring (bicyclic) bond motifs is 1. The number of rotatable bonds is 3. The minimum atomic E-state index is 0.368. The summed E-state index contributed by atoms with van der Waals surface area (Å²) in [6.07, 6.45) is 5.39. The molecule has 4 heteroatoms. The molecule has 2 aliphatic rings. The van der Waals surface area contributed by atoms with Gasteiger partial charge in [-0.3, -0.25) is 0 Å². The molecule has 126 valence electrons. The summed E-state index contributed by atoms with van der Waals surface area (Å²) in [5.41, 5.74) is 1.53. The third-order valence-corrected chi connectivity index (χ3v) is 6.05. The molecule has 2 fully saturated rings. The number of nitrogens with zero attached hydrogens (tertiary/aromatic N) is 2. The van der Waals surface area contributed by atoms with E-state index in [0.29, 0.717) is 5.41 Å². The van der Waals surface area contributed by atoms with Crippen molar-refractivity contribution in [2.75, 3.05) is 33.7 Å². The van der Waals surface area contributed by atoms with Crippen LogP contribution in [0.3, 0.4) is 0 Å². The fourth-order valence-electron chi connectivity index (χ4n) is 3.32. The van der Waals surface area contributed by atoms with Crippen LogP contribution in [-0.2, 0) is 5.41 Å². The predicted molar refractivity (Wildman–Crippen MR) is 100 cm³/mol. The van der Waals surface area contributed by atoms with Crippen molar-refractivity contribution in [3.63, 3.8) is 0 Å². The van der Waals surface area contributed by atoms with Crippen molar-refractivity contribution in [2.45, 2.75) is 38.0 Å². The smallest absolute Gasteiger partial charge is 0.101 e. The Morgan fingerprint density at radius 2 is 2.09 bits per heavy atom. The van der Waals surface area contributed by atoms with Gasteiger partial charge in [0.1, 0.15) is 5.01 Å². The summed E-state index contributed by atoms with van der Waals surface area (Å²) in [5.74, 6) is 0.925. The molecule has 1 aromatic heterocycles. The highest BCUT2D eigenvalue weighted by Gasteiger charge is 2.47. The van der Waals surface area contributed by atoms with Crippen LogP contribution in [0, 0.1) is 5.92 Å². The Morgan fingerprint density at radius 3 is 2.61 bits per heavy atom. The third-order valence-electron chi connectivity index (χ3n) is 4.76. The van der Waals surface area contributed by atoms with E-state index in [1.807, 2.05) is 11.3 Å². The molecule has 1 aromatic carbocycles. The summed E-state index contributed by atoms with van der Waals surface area (Å²) < 4.78 is 1.32. The number of thiazole rings is 1. The van der Waals surface area contributed by atoms with Gasteiger partial charge in [0.25, 0.3) is 0 Å². The number of benzene rings is 1. The molecule has 1 aliphatic carbocycles. The number of hydrogen-bond acceptors (Lipinski definition) is 4. The fourth-order valence-corrected chi connectivity index (χ4v) is 4.52. The summed E-state index contributed by atoms with van der Waals surface area (Å²) in [6, 6.07) is 8.44. The van der Waals surface area contributed by atoms with E-state index >= 15 is 0 Å². The van der Waals surface area contributed by atoms with Crippen molar-refractivity contribution >= 4 is 21.6 Å². The van der Waals surface area contributed by atoms with Gasteiger partial charge in [0.2, 0.25) is 0 Å². The van der Waals surface area contributed by atoms with Crippen LogP contribution >= 0.6 is 11.3 Å². The summed E-state index contributed by atoms with van der Waals surface area (Å²) in [5, 5.41) is 4.67. The molecule has 0 spiro atoms. The Labute approximate surface area is 144 Å². The summed E-state index contributed by atoms with van der Waals surface area (Å²) >= 11 is 1.87. The lowest BCUT2D eigenvalue weighted by Crippen LogP contribution is -2.27. The second kappa shape index (κ2) is 7.29. The first-order chi connectivity index (χ1) is 11.1. The molecule has 1 unspecified atom stereocenters. The zero-order valence-corrected chi connectivity index (χ0v) is 15.5. The van der Waals surface area contributed by atoms with Crippen LogP contribution < -0.4 is 5.32 Å². The molecule has 1 aliphatic heterocycles. The Kier molecular flexibility index (Phi) is 5.34. The fraction of sp³-hybridized carbons (Fsp3) is 0.632. The van der Waals surface area contributed by atoms with Crippen LogP contribution in [0.4, 0.5) is 0 Å². The van der Waals surface area contributed by atoms with Crippen molar-refractivity contribution in [2.24, 2.45) is 5.92 Å². The van der Waals surface area contributed by atoms with E-state index in [1.165, 1.54) is 48.5 Å². The average molecular weight is 332 g/mol. The van der Waals surface area contributed by atoms with E-state index in [4.69, 9.17) is 4.98 Å². The Hall–Kier alpha value is -0.970. The topological polar surface area (TPSA) is 28.2 Å². The molecule has 1 saturated heterocycles. The van der Waals surface area contributed by atoms with Crippen molar-refractivity contribution in [3.8, 4) is 0 Å². The molecule has 4 rings (SSSR count). The maximum absolute atomic E-state index is 4.79. The van der Waals surface area contributed by atoms with E-state index in [-0.39, 0.29) is 0 Å². The highest BCUT2D eigenvalue weighted by Crippen LogP contribution is 2.50. The van der Waals surface area contributed by atoms with Crippen LogP contribution in [0.15, 0.2) is 24.3 Å². The molecule has 3 nitrogen and oxygen atoms in total. The Bertz CT molecular complexity index is 591. The quantitative estimate of drug-likeness (QED) is 0.925. The highest BCUT2D eigenvalue weighted by molar-refractivity contribution is 7.18. The number of aromatic nitrogens is 1. The first-order valence-electron chi connectivity index (χ1n) is 8.81. The van der Waals surface area contributed by atoms with Gasteiger partial charge in [-0.15, -0.1) is 11.3 Å². The van der Waals surface area contributed by atoms with Gasteiger partial charge in [0, 0.05) is 12.0 Å². The second-order valence-electron chi connectivity index (χ2n) is 7.46. The lowest BCUT2D eigenvalue weighted by molar-refractivity contribution is 0.362. The average Bonchev–Trinajstić information content (AvgIpc) is 3.17. The lowest BCUT2D eigenvalue weighted by atomic mass is 10.0. The lowest BCUT2D eigenvalue weighted by Gasteiger charge is -2.17. The van der Waals surface area contributed by atoms with Gasteiger partial charge < -0.3 is 10.2 Å². The van der Waals surface area contributed by atoms with E-state index in [0.717, 1.165) is 18.0 Å². The van der Waals surface area contributed by atoms with Crippen molar-refractivity contribution in [3.05, 3.63) is 29.3 Å². The molecule has 0 radical (unpaired) electrons. The van der Waals surface area contributed by atoms with Crippen LogP contribution in [0.2, 0.25) is 0 Å². The highest BCUT2D eigenvalue weighted by atomic mass is 32.1. The Balaban J connectivity index is 0.000000188. The second-order valence-corrected chi connectivity index (χ2v) is 8.49. The molecule has 2 aromatic rings. The molecule has 1 N–H and O–H groups in total. The number of nitrogens with one attached hydrogen (secondary N) is 1. The summed E-state index contributed by atoms with van der Waals surface area (Å²) in [6.45, 7) is 5.91. The number of para-hydroxylation sites is 1. The maximum atomic E-state index is 4.79. The van der Waals surface area contributed by atoms with Crippen molar-refractivity contribution < 1.29 is 0 Å². The standard InChI is InChI=1S/C13H16N2S.C6H13N/c1-15(2)9-13(7-8-13)12-14-10-5-3-4-6-11(10)16-12;1-6-3-2-4-7-5-6/h3-6H,7-9H2,1-2H3;6-7H,2-5H2,1H3. The van der Waals surface area contributed by atoms with Crippen molar-refractivity contribution in [1.29, 1.82) is 0 Å². The predicted octanol–water partition coefficient (Wildman–Crippen LogP) is 3.90. The minimum Gasteiger partial charge on any atom is -0.316 e. The summed E-state index contributed by atoms with van der Waals surface area (Å²) in [4.78, 5) is 7.07. The van der Waals surface area contributed by atoms with E-state index in [1.54, 1.807) is 0 Å². The van der Waals surface area contributed by atoms with Crippen LogP contribution in [0.25, 0.3) is 10.2 Å². The van der Waals surface area contributed by atoms with Crippen molar-refractivity contribution in [1.82, 2.24) is 15.2 Å². The van der Waals surface area contributed by atoms with Gasteiger partial charge in [0.05, 0.1) is 10.2 Å². The molecule has 23 heavy (non-hydrogen) atoms.